The molecule has 0 saturated heterocycles. The van der Waals surface area contributed by atoms with Crippen LogP contribution in [0.5, 0.6) is 0 Å². The summed E-state index contributed by atoms with van der Waals surface area (Å²) in [6, 6.07) is 8.50. The Morgan fingerprint density at radius 1 is 1.40 bits per heavy atom. The Morgan fingerprint density at radius 3 is 2.85 bits per heavy atom. The van der Waals surface area contributed by atoms with Crippen LogP contribution in [0.15, 0.2) is 40.9 Å². The van der Waals surface area contributed by atoms with Crippen LogP contribution in [0.4, 0.5) is 4.39 Å². The first-order valence-corrected chi connectivity index (χ1v) is 6.94. The van der Waals surface area contributed by atoms with E-state index in [0.29, 0.717) is 12.1 Å². The van der Waals surface area contributed by atoms with Crippen molar-refractivity contribution in [2.24, 2.45) is 10.9 Å². The lowest BCUT2D eigenvalue weighted by Crippen LogP contribution is -2.18. The molecule has 0 aliphatic carbocycles. The number of hydrogen-bond donors (Lipinski definition) is 2. The molecule has 1 aromatic heterocycles. The van der Waals surface area contributed by atoms with Gasteiger partial charge in [-0.3, -0.25) is 4.90 Å². The maximum Gasteiger partial charge on any atom is 0.170 e. The number of benzene rings is 1. The van der Waals surface area contributed by atoms with Crippen LogP contribution in [0.25, 0.3) is 0 Å². The van der Waals surface area contributed by atoms with Gasteiger partial charge in [0.25, 0.3) is 0 Å². The number of halogens is 1. The van der Waals surface area contributed by atoms with E-state index < -0.39 is 5.82 Å². The molecule has 0 spiro atoms. The van der Waals surface area contributed by atoms with Gasteiger partial charge in [-0.1, -0.05) is 11.2 Å². The molecule has 1 heterocycles. The highest BCUT2D eigenvalue weighted by Crippen LogP contribution is 2.15. The Balaban J connectivity index is 2.10. The highest BCUT2D eigenvalue weighted by Gasteiger charge is 2.08. The van der Waals surface area contributed by atoms with Crippen molar-refractivity contribution in [3.05, 3.63) is 57.5 Å². The van der Waals surface area contributed by atoms with Gasteiger partial charge in [0, 0.05) is 23.5 Å². The van der Waals surface area contributed by atoms with E-state index >= 15 is 0 Å². The van der Waals surface area contributed by atoms with Gasteiger partial charge in [0.15, 0.2) is 5.84 Å². The van der Waals surface area contributed by atoms with Gasteiger partial charge >= 0.3 is 0 Å². The van der Waals surface area contributed by atoms with Crippen LogP contribution >= 0.6 is 11.3 Å². The summed E-state index contributed by atoms with van der Waals surface area (Å²) in [7, 11) is 1.97. The van der Waals surface area contributed by atoms with E-state index in [1.54, 1.807) is 17.4 Å². The van der Waals surface area contributed by atoms with E-state index in [1.807, 2.05) is 18.5 Å². The standard InChI is InChI=1S/C14H16FN3OS/c1-18(9-13-3-2-4-20-13)8-10-5-11(14(16)17-19)7-12(15)6-10/h2-7,19H,8-9H2,1H3,(H2,16,17). The van der Waals surface area contributed by atoms with Crippen LogP contribution in [0.1, 0.15) is 16.0 Å². The zero-order valence-electron chi connectivity index (χ0n) is 11.1. The second-order valence-corrected chi connectivity index (χ2v) is 5.62. The molecule has 0 unspecified atom stereocenters. The van der Waals surface area contributed by atoms with Crippen molar-refractivity contribution in [1.82, 2.24) is 4.90 Å². The van der Waals surface area contributed by atoms with Crippen molar-refractivity contribution in [2.45, 2.75) is 13.1 Å². The number of amidine groups is 1. The minimum absolute atomic E-state index is 0.0911. The predicted octanol–water partition coefficient (Wildman–Crippen LogP) is 2.61. The number of rotatable bonds is 5. The Bertz CT molecular complexity index is 598. The predicted molar refractivity (Wildman–Crippen MR) is 78.4 cm³/mol. The molecule has 0 fully saturated rings. The van der Waals surface area contributed by atoms with Gasteiger partial charge in [0.2, 0.25) is 0 Å². The lowest BCUT2D eigenvalue weighted by atomic mass is 10.1. The van der Waals surface area contributed by atoms with E-state index in [-0.39, 0.29) is 5.84 Å². The molecule has 2 rings (SSSR count). The fourth-order valence-corrected chi connectivity index (χ4v) is 2.77. The first kappa shape index (κ1) is 14.5. The third kappa shape index (κ3) is 3.79. The summed E-state index contributed by atoms with van der Waals surface area (Å²) in [4.78, 5) is 3.33. The van der Waals surface area contributed by atoms with Gasteiger partial charge < -0.3 is 10.9 Å². The first-order chi connectivity index (χ1) is 9.58. The minimum atomic E-state index is -0.395. The van der Waals surface area contributed by atoms with Crippen molar-refractivity contribution in [1.29, 1.82) is 0 Å². The van der Waals surface area contributed by atoms with Crippen LogP contribution < -0.4 is 5.73 Å². The number of oxime groups is 1. The van der Waals surface area contributed by atoms with Crippen molar-refractivity contribution in [2.75, 3.05) is 7.05 Å². The molecule has 4 nitrogen and oxygen atoms in total. The van der Waals surface area contributed by atoms with Crippen LogP contribution in [0.3, 0.4) is 0 Å². The fraction of sp³-hybridized carbons (Fsp3) is 0.214. The summed E-state index contributed by atoms with van der Waals surface area (Å²) in [5.74, 6) is -0.486. The molecule has 0 atom stereocenters. The van der Waals surface area contributed by atoms with Crippen LogP contribution in [-0.2, 0) is 13.1 Å². The van der Waals surface area contributed by atoms with Crippen molar-refractivity contribution < 1.29 is 9.60 Å². The minimum Gasteiger partial charge on any atom is -0.409 e. The Morgan fingerprint density at radius 2 is 2.20 bits per heavy atom. The van der Waals surface area contributed by atoms with Gasteiger partial charge in [-0.15, -0.1) is 11.3 Å². The summed E-state index contributed by atoms with van der Waals surface area (Å²) in [5.41, 5.74) is 6.66. The first-order valence-electron chi connectivity index (χ1n) is 6.07. The molecule has 2 aromatic rings. The van der Waals surface area contributed by atoms with Crippen molar-refractivity contribution in [3.8, 4) is 0 Å². The maximum absolute atomic E-state index is 13.5. The van der Waals surface area contributed by atoms with E-state index in [4.69, 9.17) is 10.9 Å². The lowest BCUT2D eigenvalue weighted by molar-refractivity contribution is 0.318. The SMILES string of the molecule is CN(Cc1cc(F)cc(/C(N)=N/O)c1)Cc1cccs1. The largest absolute Gasteiger partial charge is 0.409 e. The molecule has 1 aromatic carbocycles. The number of hydrogen-bond acceptors (Lipinski definition) is 4. The molecule has 0 aliphatic rings. The van der Waals surface area contributed by atoms with Gasteiger partial charge in [0.05, 0.1) is 0 Å². The van der Waals surface area contributed by atoms with Crippen molar-refractivity contribution in [3.63, 3.8) is 0 Å². The number of nitrogens with zero attached hydrogens (tertiary/aromatic N) is 2. The number of thiophene rings is 1. The molecule has 0 aliphatic heterocycles. The summed E-state index contributed by atoms with van der Waals surface area (Å²) < 4.78 is 13.5. The summed E-state index contributed by atoms with van der Waals surface area (Å²) in [5, 5.41) is 13.6. The molecule has 20 heavy (non-hydrogen) atoms. The molecular weight excluding hydrogens is 277 g/mol. The van der Waals surface area contributed by atoms with Gasteiger partial charge in [0.1, 0.15) is 5.82 Å². The van der Waals surface area contributed by atoms with Crippen molar-refractivity contribution >= 4 is 17.2 Å². The topological polar surface area (TPSA) is 61.8 Å². The molecule has 106 valence electrons. The molecule has 0 bridgehead atoms. The summed E-state index contributed by atoms with van der Waals surface area (Å²) in [6.07, 6.45) is 0. The monoisotopic (exact) mass is 293 g/mol. The van der Waals surface area contributed by atoms with Gasteiger partial charge in [-0.2, -0.15) is 0 Å². The maximum atomic E-state index is 13.5. The third-order valence-corrected chi connectivity index (χ3v) is 3.68. The summed E-state index contributed by atoms with van der Waals surface area (Å²) >= 11 is 1.69. The zero-order chi connectivity index (χ0) is 14.5. The molecule has 6 heteroatoms. The van der Waals surface area contributed by atoms with Gasteiger partial charge in [-0.05, 0) is 42.3 Å². The Hall–Kier alpha value is -1.92. The molecule has 0 amide bonds. The normalized spacial score (nSPS) is 12.1. The zero-order valence-corrected chi connectivity index (χ0v) is 11.9. The second kappa shape index (κ2) is 6.49. The molecule has 0 radical (unpaired) electrons. The molecule has 0 saturated carbocycles. The fourth-order valence-electron chi connectivity index (χ4n) is 1.98. The molecule has 3 N–H and O–H groups in total. The lowest BCUT2D eigenvalue weighted by Gasteiger charge is -2.16. The van der Waals surface area contributed by atoms with E-state index in [0.717, 1.165) is 12.1 Å². The van der Waals surface area contributed by atoms with Crippen LogP contribution in [0, 0.1) is 5.82 Å². The highest BCUT2D eigenvalue weighted by molar-refractivity contribution is 7.09. The average molecular weight is 293 g/mol. The average Bonchev–Trinajstić information content (AvgIpc) is 2.89. The molecular formula is C14H16FN3OS. The smallest absolute Gasteiger partial charge is 0.170 e. The Labute approximate surface area is 120 Å². The second-order valence-electron chi connectivity index (χ2n) is 4.59. The quantitative estimate of drug-likeness (QED) is 0.385. The summed E-state index contributed by atoms with van der Waals surface area (Å²) in [6.45, 7) is 1.38. The number of nitrogens with two attached hydrogens (primary N) is 1. The van der Waals surface area contributed by atoms with E-state index in [2.05, 4.69) is 16.1 Å². The Kier molecular flexibility index (Phi) is 4.70. The highest BCUT2D eigenvalue weighted by atomic mass is 32.1. The third-order valence-electron chi connectivity index (χ3n) is 2.82. The van der Waals surface area contributed by atoms with E-state index in [9.17, 15) is 4.39 Å². The van der Waals surface area contributed by atoms with E-state index in [1.165, 1.54) is 17.0 Å². The van der Waals surface area contributed by atoms with Gasteiger partial charge in [-0.25, -0.2) is 4.39 Å². The van der Waals surface area contributed by atoms with Crippen LogP contribution in [0.2, 0.25) is 0 Å². The van der Waals surface area contributed by atoms with Crippen LogP contribution in [-0.4, -0.2) is 23.0 Å².